The molecular formula is C4H9Cl7Si3. The van der Waals surface area contributed by atoms with Gasteiger partial charge in [0.2, 0.25) is 6.42 Å². The lowest BCUT2D eigenvalue weighted by molar-refractivity contribution is 0.868. The maximum atomic E-state index is 6.41. The second-order valence-corrected chi connectivity index (χ2v) is 41.2. The van der Waals surface area contributed by atoms with Crippen molar-refractivity contribution >= 4 is 95.0 Å². The topological polar surface area (TPSA) is 0 Å². The van der Waals surface area contributed by atoms with Gasteiger partial charge in [-0.15, -0.1) is 66.5 Å². The van der Waals surface area contributed by atoms with E-state index < -0.39 is 17.5 Å². The van der Waals surface area contributed by atoms with Gasteiger partial charge in [-0.25, -0.2) is 0 Å². The van der Waals surface area contributed by atoms with Gasteiger partial charge in [0.15, 0.2) is 0 Å². The van der Waals surface area contributed by atoms with Crippen LogP contribution in [0.1, 0.15) is 20.3 Å². The largest absolute Gasteiger partial charge is 0.343 e. The van der Waals surface area contributed by atoms with Gasteiger partial charge in [0.25, 0.3) is 0 Å². The van der Waals surface area contributed by atoms with E-state index >= 15 is 0 Å². The average molecular weight is 390 g/mol. The van der Waals surface area contributed by atoms with Gasteiger partial charge in [-0.05, 0) is 5.54 Å². The van der Waals surface area contributed by atoms with Crippen LogP contribution in [0, 0.1) is 0 Å². The number of rotatable bonds is 4. The van der Waals surface area contributed by atoms with E-state index in [1.807, 2.05) is 13.8 Å². The van der Waals surface area contributed by atoms with Crippen LogP contribution in [0.4, 0.5) is 0 Å². The summed E-state index contributed by atoms with van der Waals surface area (Å²) in [5.41, 5.74) is -6.28. The number of halogens is 7. The van der Waals surface area contributed by atoms with Crippen LogP contribution in [-0.2, 0) is 0 Å². The monoisotopic (exact) mass is 386 g/mol. The fourth-order valence-corrected chi connectivity index (χ4v) is 56.7. The summed E-state index contributed by atoms with van der Waals surface area (Å²) in [6.07, 6.45) is -2.15. The van der Waals surface area contributed by atoms with Gasteiger partial charge in [0.05, 0.1) is 0 Å². The third-order valence-electron chi connectivity index (χ3n) is 2.12. The molecular weight excluding hydrogens is 380 g/mol. The molecule has 0 radical (unpaired) electrons. The minimum Gasteiger partial charge on any atom is -0.164 e. The molecule has 0 aromatic heterocycles. The van der Waals surface area contributed by atoms with Crippen molar-refractivity contribution in [3.05, 3.63) is 0 Å². The third-order valence-corrected chi connectivity index (χ3v) is 56.3. The molecule has 0 saturated heterocycles. The number of hydrogen-bond acceptors (Lipinski definition) is 0. The minimum absolute atomic E-state index is 0.00231. The Balaban J connectivity index is 5.29. The summed E-state index contributed by atoms with van der Waals surface area (Å²) in [7, 11) is 0. The van der Waals surface area contributed by atoms with Gasteiger partial charge in [0, 0.05) is 0 Å². The van der Waals surface area contributed by atoms with Crippen LogP contribution < -0.4 is 0 Å². The van der Waals surface area contributed by atoms with Crippen LogP contribution >= 0.6 is 77.6 Å². The lowest BCUT2D eigenvalue weighted by atomic mass is 10.4. The van der Waals surface area contributed by atoms with Crippen LogP contribution in [0.5, 0.6) is 0 Å². The van der Waals surface area contributed by atoms with Crippen LogP contribution in [-0.4, -0.2) is 17.5 Å². The smallest absolute Gasteiger partial charge is 0.164 e. The van der Waals surface area contributed by atoms with Crippen molar-refractivity contribution in [2.24, 2.45) is 0 Å². The SMILES string of the molecule is CCC(C)[Si](Cl)([Si](Cl)(Cl)Cl)[Si](Cl)(Cl)Cl. The molecule has 0 N–H and O–H groups in total. The van der Waals surface area contributed by atoms with Gasteiger partial charge in [-0.3, -0.25) is 0 Å². The minimum atomic E-state index is -3.14. The zero-order chi connectivity index (χ0) is 11.8. The van der Waals surface area contributed by atoms with Crippen LogP contribution in [0.25, 0.3) is 0 Å². The van der Waals surface area contributed by atoms with Crippen molar-refractivity contribution in [2.75, 3.05) is 0 Å². The predicted molar refractivity (Wildman–Crippen MR) is 77.9 cm³/mol. The zero-order valence-electron chi connectivity index (χ0n) is 7.43. The fourth-order valence-electron chi connectivity index (χ4n) is 1.00. The highest BCUT2D eigenvalue weighted by Gasteiger charge is 2.69. The molecule has 0 amide bonds. The lowest BCUT2D eigenvalue weighted by Gasteiger charge is -2.37. The molecule has 0 fully saturated rings. The van der Waals surface area contributed by atoms with E-state index in [1.54, 1.807) is 0 Å². The second-order valence-electron chi connectivity index (χ2n) is 3.02. The first-order valence-electron chi connectivity index (χ1n) is 3.80. The third kappa shape index (κ3) is 3.34. The molecule has 0 aliphatic heterocycles. The summed E-state index contributed by atoms with van der Waals surface area (Å²) in [5, 5.41) is 0. The molecule has 0 aliphatic rings. The van der Waals surface area contributed by atoms with E-state index in [2.05, 4.69) is 0 Å². The molecule has 0 saturated carbocycles. The highest BCUT2D eigenvalue weighted by molar-refractivity contribution is 8.17. The van der Waals surface area contributed by atoms with Gasteiger partial charge < -0.3 is 0 Å². The fraction of sp³-hybridized carbons (Fsp3) is 1.00. The van der Waals surface area contributed by atoms with Crippen molar-refractivity contribution in [1.82, 2.24) is 0 Å². The summed E-state index contributed by atoms with van der Waals surface area (Å²) < 4.78 is 0. The summed E-state index contributed by atoms with van der Waals surface area (Å²) in [6, 6.07) is 0. The first-order chi connectivity index (χ1) is 5.98. The van der Waals surface area contributed by atoms with Gasteiger partial charge in [-0.1, -0.05) is 20.3 Å². The molecule has 1 unspecified atom stereocenters. The molecule has 86 valence electrons. The van der Waals surface area contributed by atoms with Crippen LogP contribution in [0.3, 0.4) is 0 Å². The van der Waals surface area contributed by atoms with E-state index in [9.17, 15) is 0 Å². The van der Waals surface area contributed by atoms with E-state index in [0.29, 0.717) is 0 Å². The Labute approximate surface area is 120 Å². The summed E-state index contributed by atoms with van der Waals surface area (Å²) in [4.78, 5) is 0. The maximum Gasteiger partial charge on any atom is 0.343 e. The maximum absolute atomic E-state index is 6.41. The van der Waals surface area contributed by atoms with Crippen molar-refractivity contribution < 1.29 is 0 Å². The van der Waals surface area contributed by atoms with Gasteiger partial charge >= 0.3 is 11.0 Å². The summed E-state index contributed by atoms with van der Waals surface area (Å²) >= 11 is 42.3. The Bertz CT molecular complexity index is 182. The van der Waals surface area contributed by atoms with Crippen molar-refractivity contribution in [2.45, 2.75) is 25.8 Å². The van der Waals surface area contributed by atoms with Gasteiger partial charge in [-0.2, -0.15) is 11.1 Å². The summed E-state index contributed by atoms with van der Waals surface area (Å²) in [5.74, 6) is 0. The molecule has 0 aromatic carbocycles. The Kier molecular flexibility index (Phi) is 6.61. The highest BCUT2D eigenvalue weighted by Crippen LogP contribution is 2.52. The molecule has 0 bridgehead atoms. The van der Waals surface area contributed by atoms with Crippen molar-refractivity contribution in [3.63, 3.8) is 0 Å². The quantitative estimate of drug-likeness (QED) is 0.444. The first-order valence-corrected chi connectivity index (χ1v) is 19.0. The summed E-state index contributed by atoms with van der Waals surface area (Å²) in [6.45, 7) is 3.84. The van der Waals surface area contributed by atoms with Crippen molar-refractivity contribution in [1.29, 1.82) is 0 Å². The van der Waals surface area contributed by atoms with E-state index in [-0.39, 0.29) is 5.54 Å². The molecule has 1 atom stereocenters. The second kappa shape index (κ2) is 5.55. The Morgan fingerprint density at radius 3 is 1.21 bits per heavy atom. The standard InChI is InChI=1S/C4H9Cl7Si3/c1-3-4(2)12(5,13(6,7)8)14(9,10)11/h4H,3H2,1-2H3. The Morgan fingerprint density at radius 1 is 0.857 bits per heavy atom. The molecule has 14 heavy (non-hydrogen) atoms. The van der Waals surface area contributed by atoms with E-state index in [1.165, 1.54) is 0 Å². The molecule has 10 heteroatoms. The van der Waals surface area contributed by atoms with Crippen LogP contribution in [0.2, 0.25) is 5.54 Å². The number of hydrogen-bond donors (Lipinski definition) is 0. The van der Waals surface area contributed by atoms with Crippen molar-refractivity contribution in [3.8, 4) is 0 Å². The van der Waals surface area contributed by atoms with E-state index in [4.69, 9.17) is 77.6 Å². The Morgan fingerprint density at radius 2 is 1.14 bits per heavy atom. The predicted octanol–water partition coefficient (Wildman–Crippen LogP) is 5.44. The first kappa shape index (κ1) is 16.7. The molecule has 0 nitrogen and oxygen atoms in total. The zero-order valence-corrected chi connectivity index (χ0v) is 15.7. The average Bonchev–Trinajstić information content (AvgIpc) is 1.97. The molecule has 0 heterocycles. The normalized spacial score (nSPS) is 16.9. The lowest BCUT2D eigenvalue weighted by Crippen LogP contribution is -2.64. The Hall–Kier alpha value is 2.68. The molecule has 0 aliphatic carbocycles. The molecule has 0 spiro atoms. The molecule has 0 rings (SSSR count). The van der Waals surface area contributed by atoms with Gasteiger partial charge in [0.1, 0.15) is 0 Å². The molecule has 0 aromatic rings. The van der Waals surface area contributed by atoms with Crippen LogP contribution in [0.15, 0.2) is 0 Å². The highest BCUT2D eigenvalue weighted by atomic mass is 35.9. The van der Waals surface area contributed by atoms with E-state index in [0.717, 1.165) is 6.42 Å².